The number of aryl methyl sites for hydroxylation is 1. The predicted octanol–water partition coefficient (Wildman–Crippen LogP) is 2.02. The number of hydrogen-bond acceptors (Lipinski definition) is 6. The summed E-state index contributed by atoms with van der Waals surface area (Å²) in [4.78, 5) is 23.9. The van der Waals surface area contributed by atoms with Gasteiger partial charge in [0, 0.05) is 49.5 Å². The smallest absolute Gasteiger partial charge is 0.278 e. The second-order valence-electron chi connectivity index (χ2n) is 7.63. The molecule has 0 spiro atoms. The average Bonchev–Trinajstić information content (AvgIpc) is 3.24. The monoisotopic (exact) mass is 377 g/mol. The topological polar surface area (TPSA) is 87.5 Å². The molecule has 4 heterocycles. The van der Waals surface area contributed by atoms with E-state index in [2.05, 4.69) is 30.6 Å². The summed E-state index contributed by atoms with van der Waals surface area (Å²) in [7, 11) is 0. The molecule has 28 heavy (non-hydrogen) atoms. The number of nitrogens with one attached hydrogen (secondary N) is 2. The van der Waals surface area contributed by atoms with E-state index in [1.165, 1.54) is 12.8 Å². The number of fused-ring (bicyclic) bond motifs is 1. The van der Waals surface area contributed by atoms with Crippen LogP contribution in [-0.2, 0) is 0 Å². The van der Waals surface area contributed by atoms with Crippen molar-refractivity contribution in [2.24, 2.45) is 0 Å². The van der Waals surface area contributed by atoms with Gasteiger partial charge in [-0.25, -0.2) is 14.5 Å². The van der Waals surface area contributed by atoms with E-state index >= 15 is 0 Å². The fraction of sp³-hybridized carbons (Fsp3) is 0.400. The molecule has 2 fully saturated rings. The first kappa shape index (κ1) is 17.1. The minimum absolute atomic E-state index is 0.248. The van der Waals surface area contributed by atoms with Gasteiger partial charge in [-0.2, -0.15) is 5.10 Å². The predicted molar refractivity (Wildman–Crippen MR) is 107 cm³/mol. The zero-order valence-electron chi connectivity index (χ0n) is 15.8. The molecule has 1 aliphatic carbocycles. The minimum Gasteiger partial charge on any atom is -0.353 e. The summed E-state index contributed by atoms with van der Waals surface area (Å²) in [6, 6.07) is 6.84. The van der Waals surface area contributed by atoms with Crippen molar-refractivity contribution in [2.45, 2.75) is 38.3 Å². The second kappa shape index (κ2) is 6.87. The van der Waals surface area contributed by atoms with Crippen LogP contribution in [-0.4, -0.2) is 50.7 Å². The fourth-order valence-electron chi connectivity index (χ4n) is 3.78. The first-order valence-corrected chi connectivity index (χ1v) is 9.75. The lowest BCUT2D eigenvalue weighted by atomic mass is 10.2. The Bertz CT molecular complexity index is 1030. The fourth-order valence-corrected chi connectivity index (χ4v) is 3.78. The quantitative estimate of drug-likeness (QED) is 0.707. The first-order valence-electron chi connectivity index (χ1n) is 9.75. The Hall–Kier alpha value is -3.00. The van der Waals surface area contributed by atoms with Gasteiger partial charge in [-0.15, -0.1) is 0 Å². The van der Waals surface area contributed by atoms with Crippen molar-refractivity contribution in [2.75, 3.05) is 23.3 Å². The van der Waals surface area contributed by atoms with Crippen molar-refractivity contribution in [3.05, 3.63) is 48.2 Å². The van der Waals surface area contributed by atoms with Crippen molar-refractivity contribution < 1.29 is 4.79 Å². The van der Waals surface area contributed by atoms with Crippen molar-refractivity contribution >= 4 is 22.9 Å². The molecule has 8 nitrogen and oxygen atoms in total. The average molecular weight is 377 g/mol. The van der Waals surface area contributed by atoms with Gasteiger partial charge in [-0.1, -0.05) is 0 Å². The molecule has 144 valence electrons. The molecule has 1 unspecified atom stereocenters. The van der Waals surface area contributed by atoms with Crippen molar-refractivity contribution in [1.29, 1.82) is 0 Å². The number of carbonyl (C=O) groups is 1. The Balaban J connectivity index is 1.34. The van der Waals surface area contributed by atoms with E-state index in [1.807, 2.05) is 31.3 Å². The molecule has 3 aromatic heterocycles. The molecular weight excluding hydrogens is 354 g/mol. The zero-order chi connectivity index (χ0) is 19.1. The third-order valence-electron chi connectivity index (χ3n) is 5.27. The summed E-state index contributed by atoms with van der Waals surface area (Å²) in [5, 5.41) is 11.0. The van der Waals surface area contributed by atoms with Crippen LogP contribution >= 0.6 is 0 Å². The van der Waals surface area contributed by atoms with E-state index in [0.29, 0.717) is 29.3 Å². The molecule has 2 N–H and O–H groups in total. The molecule has 1 amide bonds. The summed E-state index contributed by atoms with van der Waals surface area (Å²) in [5.74, 6) is 0.406. The highest BCUT2D eigenvalue weighted by Gasteiger charge is 2.31. The van der Waals surface area contributed by atoms with Crippen LogP contribution in [0.15, 0.2) is 36.8 Å². The Kier molecular flexibility index (Phi) is 4.20. The zero-order valence-corrected chi connectivity index (χ0v) is 15.8. The maximum atomic E-state index is 12.9. The summed E-state index contributed by atoms with van der Waals surface area (Å²) in [6.45, 7) is 3.68. The minimum atomic E-state index is -0.248. The van der Waals surface area contributed by atoms with Crippen LogP contribution in [0.1, 0.15) is 35.4 Å². The molecule has 1 atom stereocenters. The van der Waals surface area contributed by atoms with Crippen LogP contribution in [0.3, 0.4) is 0 Å². The molecule has 1 saturated carbocycles. The van der Waals surface area contributed by atoms with E-state index in [4.69, 9.17) is 0 Å². The largest absolute Gasteiger partial charge is 0.353 e. The van der Waals surface area contributed by atoms with E-state index in [1.54, 1.807) is 16.9 Å². The lowest BCUT2D eigenvalue weighted by molar-refractivity contribution is 0.102. The van der Waals surface area contributed by atoms with E-state index < -0.39 is 0 Å². The third kappa shape index (κ3) is 3.43. The summed E-state index contributed by atoms with van der Waals surface area (Å²) >= 11 is 0. The maximum absolute atomic E-state index is 12.9. The van der Waals surface area contributed by atoms with Crippen molar-refractivity contribution in [1.82, 2.24) is 24.9 Å². The molecule has 0 aromatic carbocycles. The van der Waals surface area contributed by atoms with E-state index in [9.17, 15) is 4.79 Å². The van der Waals surface area contributed by atoms with Gasteiger partial charge >= 0.3 is 0 Å². The van der Waals surface area contributed by atoms with Gasteiger partial charge in [0.05, 0.1) is 11.2 Å². The van der Waals surface area contributed by atoms with Crippen LogP contribution in [0.4, 0.5) is 11.5 Å². The first-order chi connectivity index (χ1) is 13.7. The number of carbonyl (C=O) groups excluding carboxylic acids is 1. The lowest BCUT2D eigenvalue weighted by Crippen LogP contribution is -2.34. The number of amides is 1. The number of hydrogen-bond donors (Lipinski definition) is 2. The standard InChI is InChI=1S/C20H23N7O/c1-13-10-17-11-15(5-9-27(17)25-13)24-20(28)18-19(22-7-6-21-18)26-8-4-16(12-26)23-14-2-3-14/h5-7,9-11,14,16,23H,2-4,8,12H2,1H3,(H,24,28). The van der Waals surface area contributed by atoms with Gasteiger partial charge in [0.25, 0.3) is 5.91 Å². The second-order valence-corrected chi connectivity index (χ2v) is 7.63. The van der Waals surface area contributed by atoms with Crippen LogP contribution in [0.25, 0.3) is 5.52 Å². The number of pyridine rings is 1. The van der Waals surface area contributed by atoms with Gasteiger partial charge < -0.3 is 15.5 Å². The molecule has 5 rings (SSSR count). The molecule has 0 radical (unpaired) electrons. The lowest BCUT2D eigenvalue weighted by Gasteiger charge is -2.20. The van der Waals surface area contributed by atoms with Gasteiger partial charge in [-0.05, 0) is 44.4 Å². The van der Waals surface area contributed by atoms with E-state index in [0.717, 1.165) is 30.7 Å². The van der Waals surface area contributed by atoms with Crippen LogP contribution in [0.2, 0.25) is 0 Å². The highest BCUT2D eigenvalue weighted by molar-refractivity contribution is 6.06. The number of aromatic nitrogens is 4. The Morgan fingerprint density at radius 3 is 2.86 bits per heavy atom. The van der Waals surface area contributed by atoms with Gasteiger partial charge in [-0.3, -0.25) is 4.79 Å². The molecule has 3 aromatic rings. The normalized spacial score (nSPS) is 19.3. The highest BCUT2D eigenvalue weighted by Crippen LogP contribution is 2.25. The van der Waals surface area contributed by atoms with Crippen LogP contribution in [0.5, 0.6) is 0 Å². The van der Waals surface area contributed by atoms with Crippen molar-refractivity contribution in [3.8, 4) is 0 Å². The number of rotatable bonds is 5. The summed E-state index contributed by atoms with van der Waals surface area (Å²) in [5.41, 5.74) is 2.94. The van der Waals surface area contributed by atoms with Crippen LogP contribution in [0, 0.1) is 6.92 Å². The SMILES string of the molecule is Cc1cc2cc(NC(=O)c3nccnc3N3CCC(NC4CC4)C3)ccn2n1. The van der Waals surface area contributed by atoms with Gasteiger partial charge in [0.2, 0.25) is 0 Å². The third-order valence-corrected chi connectivity index (χ3v) is 5.27. The van der Waals surface area contributed by atoms with Gasteiger partial charge in [0.1, 0.15) is 0 Å². The number of anilines is 2. The Morgan fingerprint density at radius 2 is 2.00 bits per heavy atom. The van der Waals surface area contributed by atoms with E-state index in [-0.39, 0.29) is 5.91 Å². The molecule has 1 aliphatic heterocycles. The molecule has 1 saturated heterocycles. The summed E-state index contributed by atoms with van der Waals surface area (Å²) < 4.78 is 1.79. The maximum Gasteiger partial charge on any atom is 0.278 e. The highest BCUT2D eigenvalue weighted by atomic mass is 16.1. The Morgan fingerprint density at radius 1 is 1.14 bits per heavy atom. The molecule has 2 aliphatic rings. The summed E-state index contributed by atoms with van der Waals surface area (Å²) in [6.07, 6.45) is 8.66. The number of nitrogens with zero attached hydrogens (tertiary/aromatic N) is 5. The van der Waals surface area contributed by atoms with Gasteiger partial charge in [0.15, 0.2) is 11.5 Å². The Labute approximate surface area is 163 Å². The van der Waals surface area contributed by atoms with Crippen LogP contribution < -0.4 is 15.5 Å². The van der Waals surface area contributed by atoms with Crippen molar-refractivity contribution in [3.63, 3.8) is 0 Å². The molecule has 0 bridgehead atoms. The molecular formula is C20H23N7O. The molecule has 8 heteroatoms.